The number of ether oxygens (including phenoxy) is 1. The van der Waals surface area contributed by atoms with Crippen molar-refractivity contribution in [2.24, 2.45) is 5.92 Å². The summed E-state index contributed by atoms with van der Waals surface area (Å²) in [6, 6.07) is 6.44. The van der Waals surface area contributed by atoms with Crippen LogP contribution in [0.3, 0.4) is 0 Å². The number of hydrogen-bond donors (Lipinski definition) is 1. The third-order valence-electron chi connectivity index (χ3n) is 4.36. The molecule has 1 aromatic rings. The van der Waals surface area contributed by atoms with E-state index in [1.54, 1.807) is 0 Å². The first kappa shape index (κ1) is 13.9. The Morgan fingerprint density at radius 3 is 3.00 bits per heavy atom. The Hall–Kier alpha value is -1.07. The van der Waals surface area contributed by atoms with Gasteiger partial charge in [0.05, 0.1) is 18.1 Å². The molecule has 2 heterocycles. The molecule has 3 rings (SSSR count). The van der Waals surface area contributed by atoms with Crippen LogP contribution in [0, 0.1) is 5.92 Å². The average molecular weight is 295 g/mol. The molecule has 2 unspecified atom stereocenters. The Morgan fingerprint density at radius 1 is 1.45 bits per heavy atom. The van der Waals surface area contributed by atoms with Crippen molar-refractivity contribution >= 4 is 9.84 Å². The minimum absolute atomic E-state index is 0.168. The zero-order valence-corrected chi connectivity index (χ0v) is 12.6. The van der Waals surface area contributed by atoms with Crippen LogP contribution in [0.2, 0.25) is 0 Å². The van der Waals surface area contributed by atoms with E-state index in [1.165, 1.54) is 11.1 Å². The fraction of sp³-hybridized carbons (Fsp3) is 0.600. The summed E-state index contributed by atoms with van der Waals surface area (Å²) in [5.41, 5.74) is 2.44. The highest BCUT2D eigenvalue weighted by Gasteiger charge is 2.31. The topological polar surface area (TPSA) is 55.4 Å². The van der Waals surface area contributed by atoms with E-state index >= 15 is 0 Å². The van der Waals surface area contributed by atoms with Crippen molar-refractivity contribution in [3.63, 3.8) is 0 Å². The summed E-state index contributed by atoms with van der Waals surface area (Å²) in [6.45, 7) is 0.751. The molecular formula is C15H21NO3S. The zero-order chi connectivity index (χ0) is 14.2. The van der Waals surface area contributed by atoms with Crippen molar-refractivity contribution < 1.29 is 13.2 Å². The Kier molecular flexibility index (Phi) is 3.73. The van der Waals surface area contributed by atoms with Gasteiger partial charge in [0.2, 0.25) is 0 Å². The molecule has 2 aliphatic rings. The molecule has 0 saturated carbocycles. The normalized spacial score (nSPS) is 25.1. The summed E-state index contributed by atoms with van der Waals surface area (Å²) in [5.74, 6) is 1.95. The molecule has 1 N–H and O–H groups in total. The van der Waals surface area contributed by atoms with Crippen molar-refractivity contribution in [3.8, 4) is 5.75 Å². The van der Waals surface area contributed by atoms with Gasteiger partial charge in [0.1, 0.15) is 5.75 Å². The van der Waals surface area contributed by atoms with E-state index in [9.17, 15) is 8.42 Å². The van der Waals surface area contributed by atoms with Crippen LogP contribution in [0.4, 0.5) is 0 Å². The van der Waals surface area contributed by atoms with Crippen LogP contribution in [0.5, 0.6) is 5.75 Å². The molecule has 5 heteroatoms. The number of hydrogen-bond acceptors (Lipinski definition) is 4. The lowest BCUT2D eigenvalue weighted by molar-refractivity contribution is 0.343. The minimum atomic E-state index is -2.80. The molecule has 1 fully saturated rings. The highest BCUT2D eigenvalue weighted by Crippen LogP contribution is 2.37. The molecule has 1 saturated heterocycles. The van der Waals surface area contributed by atoms with Crippen LogP contribution in [-0.4, -0.2) is 33.6 Å². The molecule has 0 amide bonds. The largest absolute Gasteiger partial charge is 0.493 e. The third kappa shape index (κ3) is 2.69. The lowest BCUT2D eigenvalue weighted by atomic mass is 9.92. The quantitative estimate of drug-likeness (QED) is 0.919. The number of fused-ring (bicyclic) bond motifs is 1. The van der Waals surface area contributed by atoms with E-state index in [4.69, 9.17) is 4.74 Å². The van der Waals surface area contributed by atoms with Crippen LogP contribution in [-0.2, 0) is 16.3 Å². The summed E-state index contributed by atoms with van der Waals surface area (Å²) in [7, 11) is -0.869. The molecule has 2 atom stereocenters. The van der Waals surface area contributed by atoms with Crippen molar-refractivity contribution in [3.05, 3.63) is 29.3 Å². The van der Waals surface area contributed by atoms with Crippen molar-refractivity contribution in [1.82, 2.24) is 5.32 Å². The average Bonchev–Trinajstić information content (AvgIpc) is 3.01. The number of sulfone groups is 1. The summed E-state index contributed by atoms with van der Waals surface area (Å²) >= 11 is 0. The Labute approximate surface area is 120 Å². The SMILES string of the molecule is CNC(CC1CCS(=O)(=O)C1)c1cccc2c1OCC2. The maximum absolute atomic E-state index is 11.6. The molecule has 0 aliphatic carbocycles. The molecule has 110 valence electrons. The van der Waals surface area contributed by atoms with Crippen LogP contribution in [0.1, 0.15) is 30.0 Å². The molecular weight excluding hydrogens is 274 g/mol. The predicted octanol–water partition coefficient (Wildman–Crippen LogP) is 1.71. The summed E-state index contributed by atoms with van der Waals surface area (Å²) in [6.07, 6.45) is 2.61. The van der Waals surface area contributed by atoms with Gasteiger partial charge in [-0.25, -0.2) is 8.42 Å². The lowest BCUT2D eigenvalue weighted by Gasteiger charge is -2.22. The van der Waals surface area contributed by atoms with Crippen molar-refractivity contribution in [2.45, 2.75) is 25.3 Å². The first-order valence-corrected chi connectivity index (χ1v) is 9.03. The van der Waals surface area contributed by atoms with Gasteiger partial charge in [0, 0.05) is 18.0 Å². The predicted molar refractivity (Wildman–Crippen MR) is 78.8 cm³/mol. The van der Waals surface area contributed by atoms with E-state index in [0.29, 0.717) is 11.5 Å². The van der Waals surface area contributed by atoms with E-state index < -0.39 is 9.84 Å². The number of benzene rings is 1. The number of para-hydroxylation sites is 1. The summed E-state index contributed by atoms with van der Waals surface area (Å²) < 4.78 is 28.9. The maximum atomic E-state index is 11.6. The summed E-state index contributed by atoms with van der Waals surface area (Å²) in [5, 5.41) is 3.33. The Balaban J connectivity index is 1.79. The van der Waals surface area contributed by atoms with Gasteiger partial charge in [-0.2, -0.15) is 0 Å². The van der Waals surface area contributed by atoms with Crippen molar-refractivity contribution in [2.75, 3.05) is 25.2 Å². The molecule has 0 aromatic heterocycles. The second-order valence-electron chi connectivity index (χ2n) is 5.78. The van der Waals surface area contributed by atoms with E-state index in [-0.39, 0.29) is 12.0 Å². The van der Waals surface area contributed by atoms with Crippen LogP contribution < -0.4 is 10.1 Å². The second-order valence-corrected chi connectivity index (χ2v) is 8.01. The molecule has 2 aliphatic heterocycles. The van der Waals surface area contributed by atoms with Gasteiger partial charge < -0.3 is 10.1 Å². The fourth-order valence-electron chi connectivity index (χ4n) is 3.31. The molecule has 1 aromatic carbocycles. The minimum Gasteiger partial charge on any atom is -0.493 e. The van der Waals surface area contributed by atoms with Crippen molar-refractivity contribution in [1.29, 1.82) is 0 Å². The van der Waals surface area contributed by atoms with Gasteiger partial charge in [0.25, 0.3) is 0 Å². The third-order valence-corrected chi connectivity index (χ3v) is 6.20. The Morgan fingerprint density at radius 2 is 2.30 bits per heavy atom. The van der Waals surface area contributed by atoms with Gasteiger partial charge in [-0.3, -0.25) is 0 Å². The van der Waals surface area contributed by atoms with Gasteiger partial charge in [-0.15, -0.1) is 0 Å². The van der Waals surface area contributed by atoms with Crippen LogP contribution >= 0.6 is 0 Å². The first-order chi connectivity index (χ1) is 9.59. The van der Waals surface area contributed by atoms with Gasteiger partial charge in [-0.05, 0) is 31.4 Å². The van der Waals surface area contributed by atoms with E-state index in [0.717, 1.165) is 31.6 Å². The monoisotopic (exact) mass is 295 g/mol. The molecule has 0 spiro atoms. The van der Waals surface area contributed by atoms with Gasteiger partial charge >= 0.3 is 0 Å². The van der Waals surface area contributed by atoms with E-state index in [2.05, 4.69) is 23.5 Å². The number of rotatable bonds is 4. The second kappa shape index (κ2) is 5.37. The molecule has 4 nitrogen and oxygen atoms in total. The van der Waals surface area contributed by atoms with Crippen LogP contribution in [0.15, 0.2) is 18.2 Å². The van der Waals surface area contributed by atoms with Gasteiger partial charge in [-0.1, -0.05) is 18.2 Å². The number of nitrogens with one attached hydrogen (secondary N) is 1. The molecule has 0 radical (unpaired) electrons. The summed E-state index contributed by atoms with van der Waals surface area (Å²) in [4.78, 5) is 0. The van der Waals surface area contributed by atoms with Crippen LogP contribution in [0.25, 0.3) is 0 Å². The Bertz CT molecular complexity index is 597. The zero-order valence-electron chi connectivity index (χ0n) is 11.8. The molecule has 20 heavy (non-hydrogen) atoms. The van der Waals surface area contributed by atoms with E-state index in [1.807, 2.05) is 7.05 Å². The molecule has 0 bridgehead atoms. The highest BCUT2D eigenvalue weighted by molar-refractivity contribution is 7.91. The first-order valence-electron chi connectivity index (χ1n) is 7.21. The maximum Gasteiger partial charge on any atom is 0.150 e. The van der Waals surface area contributed by atoms with Gasteiger partial charge in [0.15, 0.2) is 9.84 Å². The smallest absolute Gasteiger partial charge is 0.150 e. The fourth-order valence-corrected chi connectivity index (χ4v) is 5.19. The highest BCUT2D eigenvalue weighted by atomic mass is 32.2. The lowest BCUT2D eigenvalue weighted by Crippen LogP contribution is -2.21. The standard InChI is InChI=1S/C15H21NO3S/c1-16-14(9-11-6-8-20(17,18)10-11)13-4-2-3-12-5-7-19-15(12)13/h2-4,11,14,16H,5-10H2,1H3.